The van der Waals surface area contributed by atoms with Crippen molar-refractivity contribution in [1.29, 1.82) is 0 Å². The zero-order valence-electron chi connectivity index (χ0n) is 10.2. The molecule has 94 valence electrons. The van der Waals surface area contributed by atoms with E-state index in [0.717, 1.165) is 49.6 Å². The van der Waals surface area contributed by atoms with E-state index in [2.05, 4.69) is 9.88 Å². The Morgan fingerprint density at radius 2 is 2.29 bits per heavy atom. The molecule has 0 amide bonds. The molecule has 0 aromatic carbocycles. The maximum Gasteiger partial charge on any atom is 0.0632 e. The summed E-state index contributed by atoms with van der Waals surface area (Å²) < 4.78 is 0. The molecule has 1 aliphatic heterocycles. The average molecular weight is 255 g/mol. The summed E-state index contributed by atoms with van der Waals surface area (Å²) in [6.07, 6.45) is 4.49. The summed E-state index contributed by atoms with van der Waals surface area (Å²) in [5, 5.41) is 10.8. The fourth-order valence-corrected chi connectivity index (χ4v) is 2.42. The summed E-state index contributed by atoms with van der Waals surface area (Å²) in [6.45, 7) is 4.68. The lowest BCUT2D eigenvalue weighted by atomic mass is 9.98. The topological polar surface area (TPSA) is 36.4 Å². The lowest BCUT2D eigenvalue weighted by molar-refractivity contribution is 0.0444. The van der Waals surface area contributed by atoms with Gasteiger partial charge in [-0.25, -0.2) is 0 Å². The highest BCUT2D eigenvalue weighted by molar-refractivity contribution is 6.30. The zero-order valence-corrected chi connectivity index (χ0v) is 11.0. The van der Waals surface area contributed by atoms with Crippen molar-refractivity contribution < 1.29 is 5.11 Å². The molecular formula is C13H19ClN2O. The van der Waals surface area contributed by atoms with Gasteiger partial charge in [0, 0.05) is 24.3 Å². The lowest BCUT2D eigenvalue weighted by Crippen LogP contribution is -2.28. The van der Waals surface area contributed by atoms with Crippen LogP contribution in [-0.2, 0) is 6.54 Å². The number of hydrogen-bond donors (Lipinski definition) is 1. The highest BCUT2D eigenvalue weighted by Crippen LogP contribution is 2.22. The molecule has 1 aliphatic rings. The Labute approximate surface area is 107 Å². The molecule has 4 heteroatoms. The Morgan fingerprint density at radius 3 is 3.06 bits per heavy atom. The van der Waals surface area contributed by atoms with Crippen molar-refractivity contribution in [3.63, 3.8) is 0 Å². The molecule has 1 N–H and O–H groups in total. The third-order valence-electron chi connectivity index (χ3n) is 3.32. The third-order valence-corrected chi connectivity index (χ3v) is 3.56. The van der Waals surface area contributed by atoms with Crippen LogP contribution in [-0.4, -0.2) is 33.7 Å². The van der Waals surface area contributed by atoms with E-state index in [9.17, 15) is 5.11 Å². The van der Waals surface area contributed by atoms with Gasteiger partial charge in [-0.05, 0) is 44.9 Å². The lowest BCUT2D eigenvalue weighted by Gasteiger charge is -2.22. The first kappa shape index (κ1) is 12.8. The molecule has 0 radical (unpaired) electrons. The molecule has 0 bridgehead atoms. The largest absolute Gasteiger partial charge is 0.390 e. The summed E-state index contributed by atoms with van der Waals surface area (Å²) >= 11 is 5.94. The van der Waals surface area contributed by atoms with Gasteiger partial charge in [0.05, 0.1) is 11.3 Å². The van der Waals surface area contributed by atoms with Gasteiger partial charge < -0.3 is 5.11 Å². The summed E-state index contributed by atoms with van der Waals surface area (Å²) in [5.41, 5.74) is 0.496. The summed E-state index contributed by atoms with van der Waals surface area (Å²) in [5.74, 6) is 0. The van der Waals surface area contributed by atoms with Gasteiger partial charge >= 0.3 is 0 Å². The minimum atomic E-state index is -0.503. The van der Waals surface area contributed by atoms with Crippen molar-refractivity contribution in [2.24, 2.45) is 0 Å². The molecule has 1 saturated heterocycles. The fourth-order valence-electron chi connectivity index (χ4n) is 2.24. The van der Waals surface area contributed by atoms with Crippen LogP contribution in [0.15, 0.2) is 18.3 Å². The SMILES string of the molecule is CC1(O)CCCN(Cc2cc(Cl)ccn2)CC1. The van der Waals surface area contributed by atoms with E-state index in [1.807, 2.05) is 13.0 Å². The van der Waals surface area contributed by atoms with Crippen LogP contribution in [0, 0.1) is 0 Å². The number of aliphatic hydroxyl groups is 1. The minimum Gasteiger partial charge on any atom is -0.390 e. The first-order valence-electron chi connectivity index (χ1n) is 6.10. The normalized spacial score (nSPS) is 26.8. The Hall–Kier alpha value is -0.640. The molecule has 1 aromatic heterocycles. The van der Waals surface area contributed by atoms with Gasteiger partial charge in [-0.15, -0.1) is 0 Å². The number of likely N-dealkylation sites (tertiary alicyclic amines) is 1. The maximum absolute atomic E-state index is 10.0. The van der Waals surface area contributed by atoms with Crippen LogP contribution in [0.5, 0.6) is 0 Å². The van der Waals surface area contributed by atoms with E-state index in [1.165, 1.54) is 0 Å². The van der Waals surface area contributed by atoms with Crippen molar-refractivity contribution >= 4 is 11.6 Å². The Morgan fingerprint density at radius 1 is 1.47 bits per heavy atom. The second-order valence-electron chi connectivity index (χ2n) is 5.09. The number of halogens is 1. The minimum absolute atomic E-state index is 0.503. The third kappa shape index (κ3) is 3.95. The molecule has 1 atom stereocenters. The number of aromatic nitrogens is 1. The molecule has 0 saturated carbocycles. The van der Waals surface area contributed by atoms with Crippen LogP contribution in [0.3, 0.4) is 0 Å². The zero-order chi connectivity index (χ0) is 12.3. The Balaban J connectivity index is 1.95. The van der Waals surface area contributed by atoms with Crippen LogP contribution in [0.2, 0.25) is 5.02 Å². The molecule has 2 heterocycles. The van der Waals surface area contributed by atoms with Crippen LogP contribution < -0.4 is 0 Å². The van der Waals surface area contributed by atoms with Gasteiger partial charge in [0.1, 0.15) is 0 Å². The second-order valence-corrected chi connectivity index (χ2v) is 5.53. The first-order valence-corrected chi connectivity index (χ1v) is 6.48. The smallest absolute Gasteiger partial charge is 0.0632 e. The van der Waals surface area contributed by atoms with Crippen molar-refractivity contribution in [3.05, 3.63) is 29.0 Å². The second kappa shape index (κ2) is 5.34. The van der Waals surface area contributed by atoms with Gasteiger partial charge in [-0.1, -0.05) is 11.6 Å². The van der Waals surface area contributed by atoms with Gasteiger partial charge in [0.25, 0.3) is 0 Å². The molecular weight excluding hydrogens is 236 g/mol. The number of pyridine rings is 1. The molecule has 0 aliphatic carbocycles. The van der Waals surface area contributed by atoms with E-state index >= 15 is 0 Å². The number of rotatable bonds is 2. The Kier molecular flexibility index (Phi) is 4.02. The van der Waals surface area contributed by atoms with Gasteiger partial charge in [-0.2, -0.15) is 0 Å². The molecule has 2 rings (SSSR count). The van der Waals surface area contributed by atoms with E-state index in [0.29, 0.717) is 0 Å². The van der Waals surface area contributed by atoms with E-state index in [1.54, 1.807) is 12.3 Å². The highest BCUT2D eigenvalue weighted by atomic mass is 35.5. The van der Waals surface area contributed by atoms with Gasteiger partial charge in [-0.3, -0.25) is 9.88 Å². The van der Waals surface area contributed by atoms with E-state index < -0.39 is 5.60 Å². The molecule has 17 heavy (non-hydrogen) atoms. The van der Waals surface area contributed by atoms with Crippen molar-refractivity contribution in [3.8, 4) is 0 Å². The van der Waals surface area contributed by atoms with Crippen molar-refractivity contribution in [1.82, 2.24) is 9.88 Å². The quantitative estimate of drug-likeness (QED) is 0.881. The average Bonchev–Trinajstić information content (AvgIpc) is 2.41. The summed E-state index contributed by atoms with van der Waals surface area (Å²) in [7, 11) is 0. The maximum atomic E-state index is 10.0. The fraction of sp³-hybridized carbons (Fsp3) is 0.615. The van der Waals surface area contributed by atoms with E-state index in [4.69, 9.17) is 11.6 Å². The summed E-state index contributed by atoms with van der Waals surface area (Å²) in [6, 6.07) is 3.70. The first-order chi connectivity index (χ1) is 8.05. The predicted molar refractivity (Wildman–Crippen MR) is 69.0 cm³/mol. The number of hydrogen-bond acceptors (Lipinski definition) is 3. The molecule has 1 unspecified atom stereocenters. The molecule has 1 aromatic rings. The van der Waals surface area contributed by atoms with Gasteiger partial charge in [0.2, 0.25) is 0 Å². The molecule has 1 fully saturated rings. The van der Waals surface area contributed by atoms with Crippen LogP contribution in [0.25, 0.3) is 0 Å². The highest BCUT2D eigenvalue weighted by Gasteiger charge is 2.24. The number of nitrogens with zero attached hydrogens (tertiary/aromatic N) is 2. The van der Waals surface area contributed by atoms with Crippen molar-refractivity contribution in [2.75, 3.05) is 13.1 Å². The van der Waals surface area contributed by atoms with E-state index in [-0.39, 0.29) is 0 Å². The predicted octanol–water partition coefficient (Wildman–Crippen LogP) is 2.47. The van der Waals surface area contributed by atoms with Gasteiger partial charge in [0.15, 0.2) is 0 Å². The van der Waals surface area contributed by atoms with Crippen LogP contribution in [0.4, 0.5) is 0 Å². The summed E-state index contributed by atoms with van der Waals surface area (Å²) in [4.78, 5) is 6.65. The Bertz CT molecular complexity index is 381. The van der Waals surface area contributed by atoms with Crippen molar-refractivity contribution in [2.45, 2.75) is 38.3 Å². The molecule has 0 spiro atoms. The standard InChI is InChI=1S/C13H19ClN2O/c1-13(17)4-2-7-16(8-5-13)10-12-9-11(14)3-6-15-12/h3,6,9,17H,2,4-5,7-8,10H2,1H3. The van der Waals surface area contributed by atoms with Crippen LogP contribution >= 0.6 is 11.6 Å². The monoisotopic (exact) mass is 254 g/mol. The molecule has 3 nitrogen and oxygen atoms in total. The van der Waals surface area contributed by atoms with Crippen LogP contribution in [0.1, 0.15) is 31.9 Å².